The first-order valence-electron chi connectivity index (χ1n) is 8.51. The van der Waals surface area contributed by atoms with Gasteiger partial charge in [0, 0.05) is 39.3 Å². The average molecular weight is 320 g/mol. The number of hydrogen-bond acceptors (Lipinski definition) is 4. The lowest BCUT2D eigenvalue weighted by molar-refractivity contribution is -0.145. The van der Waals surface area contributed by atoms with Gasteiger partial charge in [-0.1, -0.05) is 37.3 Å². The molecule has 1 aliphatic rings. The van der Waals surface area contributed by atoms with Crippen molar-refractivity contribution in [3.63, 3.8) is 0 Å². The van der Waals surface area contributed by atoms with Gasteiger partial charge in [0.25, 0.3) is 5.91 Å². The first-order valence-corrected chi connectivity index (χ1v) is 8.51. The molecule has 1 saturated heterocycles. The Bertz CT molecular complexity index is 472. The van der Waals surface area contributed by atoms with E-state index in [0.717, 1.165) is 18.7 Å². The first-order chi connectivity index (χ1) is 11.2. The molecule has 5 heteroatoms. The molecule has 128 valence electrons. The second-order valence-corrected chi connectivity index (χ2v) is 5.90. The Labute approximate surface area is 138 Å². The number of benzene rings is 1. The molecule has 0 bridgehead atoms. The molecule has 1 fully saturated rings. The third-order valence-corrected chi connectivity index (χ3v) is 4.31. The third-order valence-electron chi connectivity index (χ3n) is 4.31. The van der Waals surface area contributed by atoms with Crippen molar-refractivity contribution in [1.29, 1.82) is 0 Å². The van der Waals surface area contributed by atoms with Gasteiger partial charge in [-0.05, 0) is 18.9 Å². The molecule has 1 aliphatic heterocycles. The van der Waals surface area contributed by atoms with Crippen molar-refractivity contribution in [2.45, 2.75) is 32.5 Å². The molecule has 2 rings (SSSR count). The van der Waals surface area contributed by atoms with Crippen LogP contribution in [0.15, 0.2) is 30.3 Å². The van der Waals surface area contributed by atoms with E-state index in [1.54, 1.807) is 0 Å². The van der Waals surface area contributed by atoms with Crippen molar-refractivity contribution in [2.24, 2.45) is 0 Å². The van der Waals surface area contributed by atoms with Crippen molar-refractivity contribution in [2.75, 3.05) is 39.3 Å². The molecule has 23 heavy (non-hydrogen) atoms. The van der Waals surface area contributed by atoms with Crippen molar-refractivity contribution in [1.82, 2.24) is 9.80 Å². The fourth-order valence-electron chi connectivity index (χ4n) is 2.94. The van der Waals surface area contributed by atoms with E-state index in [0.29, 0.717) is 32.7 Å². The Balaban J connectivity index is 1.80. The van der Waals surface area contributed by atoms with Gasteiger partial charge in [0.2, 0.25) is 0 Å². The van der Waals surface area contributed by atoms with Gasteiger partial charge in [0.1, 0.15) is 6.10 Å². The van der Waals surface area contributed by atoms with Gasteiger partial charge in [-0.25, -0.2) is 0 Å². The van der Waals surface area contributed by atoms with Gasteiger partial charge in [-0.2, -0.15) is 0 Å². The van der Waals surface area contributed by atoms with Crippen LogP contribution in [-0.2, 0) is 9.53 Å². The number of hydrogen-bond donors (Lipinski definition) is 1. The summed E-state index contributed by atoms with van der Waals surface area (Å²) in [5.41, 5.74) is 0.938. The van der Waals surface area contributed by atoms with Crippen molar-refractivity contribution < 1.29 is 14.6 Å². The summed E-state index contributed by atoms with van der Waals surface area (Å²) in [6.07, 6.45) is -0.0914. The lowest BCUT2D eigenvalue weighted by atomic mass is 10.1. The highest BCUT2D eigenvalue weighted by Gasteiger charge is 2.27. The maximum atomic E-state index is 12.4. The Morgan fingerprint density at radius 2 is 1.83 bits per heavy atom. The van der Waals surface area contributed by atoms with Crippen molar-refractivity contribution >= 4 is 5.91 Å². The SMILES string of the molecule is CCO[C@H](CC)C(=O)N1CCN(C[C@@H](O)c2ccccc2)CC1. The minimum Gasteiger partial charge on any atom is -0.387 e. The van der Waals surface area contributed by atoms with E-state index in [-0.39, 0.29) is 12.0 Å². The molecule has 1 aromatic carbocycles. The van der Waals surface area contributed by atoms with Crippen LogP contribution >= 0.6 is 0 Å². The van der Waals surface area contributed by atoms with Crippen molar-refractivity contribution in [3.8, 4) is 0 Å². The van der Waals surface area contributed by atoms with Gasteiger partial charge in [-0.15, -0.1) is 0 Å². The first kappa shape index (κ1) is 17.9. The normalized spacial score (nSPS) is 18.7. The highest BCUT2D eigenvalue weighted by atomic mass is 16.5. The van der Waals surface area contributed by atoms with Crippen molar-refractivity contribution in [3.05, 3.63) is 35.9 Å². The number of amides is 1. The number of aliphatic hydroxyl groups excluding tert-OH is 1. The zero-order valence-electron chi connectivity index (χ0n) is 14.1. The number of ether oxygens (including phenoxy) is 1. The molecular formula is C18H28N2O3. The molecule has 1 heterocycles. The van der Waals surface area contributed by atoms with Gasteiger partial charge in [0.15, 0.2) is 0 Å². The summed E-state index contributed by atoms with van der Waals surface area (Å²) in [6.45, 7) is 8.04. The minimum atomic E-state index is -0.481. The minimum absolute atomic E-state index is 0.0950. The van der Waals surface area contributed by atoms with E-state index >= 15 is 0 Å². The number of β-amino-alcohol motifs (C(OH)–C–C–N with tert-alkyl or cyclic N) is 1. The Morgan fingerprint density at radius 1 is 1.17 bits per heavy atom. The van der Waals surface area contributed by atoms with Crippen LogP contribution in [0.2, 0.25) is 0 Å². The molecule has 0 unspecified atom stereocenters. The molecule has 0 aromatic heterocycles. The summed E-state index contributed by atoms with van der Waals surface area (Å²) in [5, 5.41) is 10.3. The van der Waals surface area contributed by atoms with E-state index in [1.807, 2.05) is 49.1 Å². The van der Waals surface area contributed by atoms with Gasteiger partial charge in [-0.3, -0.25) is 9.69 Å². The van der Waals surface area contributed by atoms with Crippen LogP contribution in [0.1, 0.15) is 31.9 Å². The zero-order chi connectivity index (χ0) is 16.7. The van der Waals surface area contributed by atoms with Crippen LogP contribution in [0.25, 0.3) is 0 Å². The van der Waals surface area contributed by atoms with Crippen LogP contribution in [0.3, 0.4) is 0 Å². The number of carbonyl (C=O) groups is 1. The van der Waals surface area contributed by atoms with E-state index < -0.39 is 6.10 Å². The molecule has 0 spiro atoms. The summed E-state index contributed by atoms with van der Waals surface area (Å²) in [6, 6.07) is 9.71. The predicted molar refractivity (Wildman–Crippen MR) is 90.1 cm³/mol. The third kappa shape index (κ3) is 5.03. The summed E-state index contributed by atoms with van der Waals surface area (Å²) >= 11 is 0. The maximum Gasteiger partial charge on any atom is 0.251 e. The van der Waals surface area contributed by atoms with E-state index in [9.17, 15) is 9.90 Å². The average Bonchev–Trinajstić information content (AvgIpc) is 2.60. The summed E-state index contributed by atoms with van der Waals surface area (Å²) < 4.78 is 5.51. The molecule has 1 aromatic rings. The molecule has 1 N–H and O–H groups in total. The number of rotatable bonds is 7. The van der Waals surface area contributed by atoms with Gasteiger partial charge >= 0.3 is 0 Å². The predicted octanol–water partition coefficient (Wildman–Crippen LogP) is 1.68. The van der Waals surface area contributed by atoms with Gasteiger partial charge < -0.3 is 14.7 Å². The van der Waals surface area contributed by atoms with E-state index in [4.69, 9.17) is 4.74 Å². The fraction of sp³-hybridized carbons (Fsp3) is 0.611. The topological polar surface area (TPSA) is 53.0 Å². The molecule has 0 radical (unpaired) electrons. The van der Waals surface area contributed by atoms with Crippen LogP contribution in [-0.4, -0.2) is 66.2 Å². The number of aliphatic hydroxyl groups is 1. The summed E-state index contributed by atoms with van der Waals surface area (Å²) in [5.74, 6) is 0.0950. The van der Waals surface area contributed by atoms with Crippen LogP contribution in [0.5, 0.6) is 0 Å². The Kier molecular flexibility index (Phi) is 7.02. The van der Waals surface area contributed by atoms with Gasteiger partial charge in [0.05, 0.1) is 6.10 Å². The Hall–Kier alpha value is -1.43. The van der Waals surface area contributed by atoms with Crippen LogP contribution < -0.4 is 0 Å². The number of piperazine rings is 1. The number of nitrogens with zero attached hydrogens (tertiary/aromatic N) is 2. The highest BCUT2D eigenvalue weighted by molar-refractivity contribution is 5.81. The zero-order valence-corrected chi connectivity index (χ0v) is 14.1. The molecular weight excluding hydrogens is 292 g/mol. The Morgan fingerprint density at radius 3 is 2.39 bits per heavy atom. The monoisotopic (exact) mass is 320 g/mol. The summed E-state index contributed by atoms with van der Waals surface area (Å²) in [7, 11) is 0. The molecule has 0 saturated carbocycles. The molecule has 2 atom stereocenters. The lowest BCUT2D eigenvalue weighted by Crippen LogP contribution is -2.52. The molecule has 5 nitrogen and oxygen atoms in total. The quantitative estimate of drug-likeness (QED) is 0.830. The van der Waals surface area contributed by atoms with E-state index in [1.165, 1.54) is 0 Å². The summed E-state index contributed by atoms with van der Waals surface area (Å²) in [4.78, 5) is 16.5. The number of carbonyl (C=O) groups excluding carboxylic acids is 1. The smallest absolute Gasteiger partial charge is 0.251 e. The largest absolute Gasteiger partial charge is 0.387 e. The highest BCUT2D eigenvalue weighted by Crippen LogP contribution is 2.15. The van der Waals surface area contributed by atoms with Crippen LogP contribution in [0.4, 0.5) is 0 Å². The maximum absolute atomic E-state index is 12.4. The fourth-order valence-corrected chi connectivity index (χ4v) is 2.94. The standard InChI is InChI=1S/C18H28N2O3/c1-3-17(23-4-2)18(22)20-12-10-19(11-13-20)14-16(21)15-8-6-5-7-9-15/h5-9,16-17,21H,3-4,10-14H2,1-2H3/t16-,17-/m1/s1. The molecule has 1 amide bonds. The lowest BCUT2D eigenvalue weighted by Gasteiger charge is -2.37. The van der Waals surface area contributed by atoms with Crippen LogP contribution in [0, 0.1) is 0 Å². The second kappa shape index (κ2) is 9.01. The molecule has 0 aliphatic carbocycles. The van der Waals surface area contributed by atoms with E-state index in [2.05, 4.69) is 4.90 Å². The second-order valence-electron chi connectivity index (χ2n) is 5.90.